The second kappa shape index (κ2) is 14.0. The molecule has 2 aromatic carbocycles. The topological polar surface area (TPSA) is 109 Å². The van der Waals surface area contributed by atoms with E-state index in [9.17, 15) is 27.0 Å². The molecule has 3 amide bonds. The minimum absolute atomic E-state index is 0.126. The Morgan fingerprint density at radius 3 is 2.68 bits per heavy atom. The van der Waals surface area contributed by atoms with Gasteiger partial charge in [0, 0.05) is 36.2 Å². The Morgan fingerprint density at radius 2 is 1.96 bits per heavy atom. The zero-order valence-corrected chi connectivity index (χ0v) is 30.1. The van der Waals surface area contributed by atoms with Crippen LogP contribution in [0.3, 0.4) is 0 Å². The summed E-state index contributed by atoms with van der Waals surface area (Å²) in [5.41, 5.74) is 0.299. The van der Waals surface area contributed by atoms with Crippen LogP contribution in [0.4, 0.5) is 23.7 Å². The van der Waals surface area contributed by atoms with Gasteiger partial charge in [0.15, 0.2) is 0 Å². The lowest BCUT2D eigenvalue weighted by atomic mass is 9.68. The molecule has 2 aliphatic carbocycles. The first-order chi connectivity index (χ1) is 23.6. The Labute approximate surface area is 296 Å². The number of anilines is 1. The summed E-state index contributed by atoms with van der Waals surface area (Å²) in [7, 11) is -2.15. The summed E-state index contributed by atoms with van der Waals surface area (Å²) in [6.07, 6.45) is 4.52. The minimum Gasteiger partial charge on any atom is -0.490 e. The number of carbonyl (C=O) groups excluding carboxylic acids is 2. The van der Waals surface area contributed by atoms with Crippen molar-refractivity contribution in [3.05, 3.63) is 70.3 Å². The summed E-state index contributed by atoms with van der Waals surface area (Å²) in [6.45, 7) is 3.34. The fourth-order valence-corrected chi connectivity index (χ4v) is 9.34. The number of rotatable bonds is 3. The van der Waals surface area contributed by atoms with Crippen LogP contribution in [0.1, 0.15) is 73.9 Å². The lowest BCUT2D eigenvalue weighted by Gasteiger charge is -2.46. The van der Waals surface area contributed by atoms with Crippen LogP contribution in [0.25, 0.3) is 0 Å². The molecule has 0 aromatic heterocycles. The third-order valence-electron chi connectivity index (χ3n) is 10.6. The van der Waals surface area contributed by atoms with Crippen LogP contribution in [0.5, 0.6) is 5.75 Å². The Morgan fingerprint density at radius 1 is 1.16 bits per heavy atom. The molecule has 0 saturated heterocycles. The molecular formula is C36H44ClF3N4O5S. The van der Waals surface area contributed by atoms with E-state index in [1.165, 1.54) is 11.1 Å². The number of fused-ring (bicyclic) bond motifs is 4. The summed E-state index contributed by atoms with van der Waals surface area (Å²) >= 11 is 6.41. The first kappa shape index (κ1) is 36.5. The summed E-state index contributed by atoms with van der Waals surface area (Å²) in [4.78, 5) is 28.8. The van der Waals surface area contributed by atoms with Crippen LogP contribution in [0, 0.1) is 11.8 Å². The van der Waals surface area contributed by atoms with Gasteiger partial charge in [0.25, 0.3) is 5.91 Å². The van der Waals surface area contributed by atoms with Gasteiger partial charge >= 0.3 is 12.2 Å². The van der Waals surface area contributed by atoms with Crippen molar-refractivity contribution in [2.24, 2.45) is 16.2 Å². The third-order valence-corrected chi connectivity index (χ3v) is 12.7. The molecule has 9 nitrogen and oxygen atoms in total. The van der Waals surface area contributed by atoms with E-state index < -0.39 is 33.6 Å². The number of alkyl halides is 3. The Hall–Kier alpha value is -3.29. The number of urea groups is 1. The Bertz CT molecular complexity index is 1790. The predicted octanol–water partition coefficient (Wildman–Crippen LogP) is 7.37. The van der Waals surface area contributed by atoms with E-state index in [1.807, 2.05) is 29.6 Å². The molecule has 50 heavy (non-hydrogen) atoms. The van der Waals surface area contributed by atoms with Gasteiger partial charge in [-0.25, -0.2) is 9.00 Å². The summed E-state index contributed by atoms with van der Waals surface area (Å²) < 4.78 is 73.1. The molecule has 6 rings (SSSR count). The van der Waals surface area contributed by atoms with E-state index in [1.54, 1.807) is 25.3 Å². The molecule has 4 aliphatic rings. The number of benzene rings is 2. The molecule has 2 bridgehead atoms. The first-order valence-corrected chi connectivity index (χ1v) is 19.1. The number of nitrogens with one attached hydrogen (secondary N) is 2. The van der Waals surface area contributed by atoms with E-state index in [0.717, 1.165) is 46.0 Å². The number of carbonyl (C=O) groups is 2. The lowest BCUT2D eigenvalue weighted by Crippen LogP contribution is -2.57. The Balaban J connectivity index is 1.40. The molecule has 0 radical (unpaired) electrons. The van der Waals surface area contributed by atoms with Crippen molar-refractivity contribution in [1.29, 1.82) is 0 Å². The maximum atomic E-state index is 14.1. The summed E-state index contributed by atoms with van der Waals surface area (Å²) in [6, 6.07) is 9.67. The van der Waals surface area contributed by atoms with Crippen molar-refractivity contribution >= 4 is 39.1 Å². The largest absolute Gasteiger partial charge is 0.490 e. The highest BCUT2D eigenvalue weighted by Crippen LogP contribution is 2.47. The van der Waals surface area contributed by atoms with Gasteiger partial charge in [-0.1, -0.05) is 29.8 Å². The summed E-state index contributed by atoms with van der Waals surface area (Å²) in [5.74, 6) is 0.0798. The standard InChI is InChI=1S/C36H44ClF3N4O5S/c1-34(2,36(38,39)40)41-33(46)43-50(47)17-6-4-5-9-30(48-3)27-13-10-25(27)20-44-21-35(16-7-8-23-18-26(37)12-14-28(23)35)22-49-31-15-11-24(19-29(31)44)32(45)42-50/h5,9,11-12,14-15,18-19,25,27,30H,4,6-8,10,13,16-17,20-22H2,1-3H3,(H2,41,42,43,45,46,47)/b9-5-/t25-,27+,30-,35-,50?/m0/s1. The zero-order chi connectivity index (χ0) is 35.9. The van der Waals surface area contributed by atoms with Crippen LogP contribution >= 0.6 is 11.6 Å². The Kier molecular flexibility index (Phi) is 10.2. The van der Waals surface area contributed by atoms with Crippen molar-refractivity contribution in [1.82, 2.24) is 10.0 Å². The molecule has 272 valence electrons. The predicted molar refractivity (Wildman–Crippen MR) is 187 cm³/mol. The number of hydrogen-bond donors (Lipinski definition) is 2. The van der Waals surface area contributed by atoms with Gasteiger partial charge in [0.1, 0.15) is 21.2 Å². The smallest absolute Gasteiger partial charge is 0.411 e. The van der Waals surface area contributed by atoms with Crippen LogP contribution in [0.15, 0.2) is 52.9 Å². The van der Waals surface area contributed by atoms with Crippen molar-refractivity contribution in [2.75, 3.05) is 37.5 Å². The minimum atomic E-state index is -4.77. The van der Waals surface area contributed by atoms with Crippen molar-refractivity contribution in [2.45, 2.75) is 82.0 Å². The number of amides is 3. The SMILES string of the molecule is CO[C@H]1/C=C\CCCS(=O)(NC(=O)NC(C)(C)C(F)(F)F)=NC(=O)c2ccc3c(c2)N(C[C@@H]2CC[C@H]21)C[C@@]1(CCCc2cc(Cl)ccc21)CO3. The molecule has 2 N–H and O–H groups in total. The second-order valence-electron chi connectivity index (χ2n) is 14.5. The average Bonchev–Trinajstić information content (AvgIpc) is 3.17. The van der Waals surface area contributed by atoms with Crippen molar-refractivity contribution in [3.8, 4) is 5.75 Å². The summed E-state index contributed by atoms with van der Waals surface area (Å²) in [5, 5.41) is 2.52. The average molecular weight is 737 g/mol. The van der Waals surface area contributed by atoms with E-state index in [2.05, 4.69) is 20.1 Å². The van der Waals surface area contributed by atoms with Crippen LogP contribution in [-0.4, -0.2) is 66.5 Å². The number of methoxy groups -OCH3 is 1. The number of aryl methyl sites for hydroxylation is 1. The van der Waals surface area contributed by atoms with Gasteiger partial charge in [-0.3, -0.25) is 9.52 Å². The van der Waals surface area contributed by atoms with Crippen molar-refractivity contribution in [3.63, 3.8) is 0 Å². The van der Waals surface area contributed by atoms with Gasteiger partial charge in [-0.2, -0.15) is 13.2 Å². The molecular weight excluding hydrogens is 693 g/mol. The van der Waals surface area contributed by atoms with Crippen LogP contribution in [0.2, 0.25) is 5.02 Å². The molecule has 1 spiro atoms. The molecule has 1 fully saturated rings. The monoisotopic (exact) mass is 736 g/mol. The number of allylic oxidation sites excluding steroid dienone is 1. The van der Waals surface area contributed by atoms with E-state index in [-0.39, 0.29) is 35.2 Å². The van der Waals surface area contributed by atoms with Gasteiger partial charge in [0.05, 0.1) is 24.2 Å². The van der Waals surface area contributed by atoms with Gasteiger partial charge in [0.2, 0.25) is 0 Å². The van der Waals surface area contributed by atoms with E-state index in [4.69, 9.17) is 21.1 Å². The van der Waals surface area contributed by atoms with Crippen molar-refractivity contribution < 1.29 is 36.4 Å². The maximum absolute atomic E-state index is 14.1. The van der Waals surface area contributed by atoms with Gasteiger partial charge in [-0.05, 0) is 112 Å². The lowest BCUT2D eigenvalue weighted by molar-refractivity contribution is -0.182. The normalized spacial score (nSPS) is 29.3. The molecule has 2 heterocycles. The molecule has 5 atom stereocenters. The van der Waals surface area contributed by atoms with Crippen LogP contribution in [-0.2, 0) is 26.5 Å². The zero-order valence-electron chi connectivity index (χ0n) is 28.5. The number of halogens is 4. The number of nitrogens with zero attached hydrogens (tertiary/aromatic N) is 2. The quantitative estimate of drug-likeness (QED) is 0.319. The highest BCUT2D eigenvalue weighted by atomic mass is 35.5. The van der Waals surface area contributed by atoms with E-state index in [0.29, 0.717) is 48.5 Å². The highest BCUT2D eigenvalue weighted by molar-refractivity contribution is 7.92. The van der Waals surface area contributed by atoms with Gasteiger partial charge in [-0.15, -0.1) is 4.36 Å². The fourth-order valence-electron chi connectivity index (χ4n) is 7.64. The maximum Gasteiger partial charge on any atom is 0.411 e. The molecule has 1 saturated carbocycles. The fraction of sp³-hybridized carbons (Fsp3) is 0.556. The molecule has 2 aliphatic heterocycles. The first-order valence-electron chi connectivity index (χ1n) is 17.1. The van der Waals surface area contributed by atoms with E-state index >= 15 is 0 Å². The molecule has 14 heteroatoms. The highest BCUT2D eigenvalue weighted by Gasteiger charge is 2.49. The number of ether oxygens (including phenoxy) is 2. The molecule has 2 aromatic rings. The molecule has 1 unspecified atom stereocenters. The second-order valence-corrected chi connectivity index (χ2v) is 17.0. The van der Waals surface area contributed by atoms with Gasteiger partial charge < -0.3 is 19.7 Å². The van der Waals surface area contributed by atoms with Crippen LogP contribution < -0.4 is 19.7 Å². The number of hydrogen-bond acceptors (Lipinski definition) is 6. The third kappa shape index (κ3) is 7.50.